The number of carbonyl (C=O) groups excluding carboxylic acids is 1. The van der Waals surface area contributed by atoms with Gasteiger partial charge in [-0.15, -0.1) is 11.3 Å². The van der Waals surface area contributed by atoms with Crippen molar-refractivity contribution in [3.05, 3.63) is 40.7 Å². The van der Waals surface area contributed by atoms with Crippen LogP contribution in [0.5, 0.6) is 0 Å². The van der Waals surface area contributed by atoms with E-state index in [4.69, 9.17) is 0 Å². The van der Waals surface area contributed by atoms with Crippen molar-refractivity contribution in [2.24, 2.45) is 5.92 Å². The number of urea groups is 1. The lowest BCUT2D eigenvalue weighted by Gasteiger charge is -2.15. The molecular formula is C19H24FN3OS. The fourth-order valence-corrected chi connectivity index (χ4v) is 4.42. The van der Waals surface area contributed by atoms with E-state index in [1.807, 2.05) is 13.8 Å². The molecule has 3 rings (SSSR count). The summed E-state index contributed by atoms with van der Waals surface area (Å²) in [5.41, 5.74) is 1.33. The van der Waals surface area contributed by atoms with Gasteiger partial charge in [-0.3, -0.25) is 0 Å². The molecule has 0 bridgehead atoms. The molecule has 0 aliphatic heterocycles. The topological polar surface area (TPSA) is 54.0 Å². The van der Waals surface area contributed by atoms with E-state index in [9.17, 15) is 9.18 Å². The first-order chi connectivity index (χ1) is 12.0. The number of benzene rings is 1. The number of nitrogens with one attached hydrogen (secondary N) is 2. The largest absolute Gasteiger partial charge is 0.338 e. The Kier molecular flexibility index (Phi) is 5.68. The van der Waals surface area contributed by atoms with Crippen LogP contribution in [0, 0.1) is 18.7 Å². The summed E-state index contributed by atoms with van der Waals surface area (Å²) in [6.07, 6.45) is 4.94. The van der Waals surface area contributed by atoms with Gasteiger partial charge in [0.25, 0.3) is 0 Å². The van der Waals surface area contributed by atoms with Crippen LogP contribution in [0.25, 0.3) is 10.6 Å². The molecular weight excluding hydrogens is 337 g/mol. The highest BCUT2D eigenvalue weighted by molar-refractivity contribution is 7.15. The predicted octanol–water partition coefficient (Wildman–Crippen LogP) is 4.81. The van der Waals surface area contributed by atoms with E-state index in [0.717, 1.165) is 17.1 Å². The van der Waals surface area contributed by atoms with Crippen molar-refractivity contribution in [3.63, 3.8) is 0 Å². The van der Waals surface area contributed by atoms with Crippen LogP contribution in [0.3, 0.4) is 0 Å². The number of aryl methyl sites for hydroxylation is 1. The van der Waals surface area contributed by atoms with E-state index in [2.05, 4.69) is 15.6 Å². The lowest BCUT2D eigenvalue weighted by Crippen LogP contribution is -2.39. The van der Waals surface area contributed by atoms with Crippen LogP contribution in [0.15, 0.2) is 24.3 Å². The maximum atomic E-state index is 14.0. The molecule has 0 radical (unpaired) electrons. The van der Waals surface area contributed by atoms with Crippen molar-refractivity contribution in [3.8, 4) is 10.6 Å². The summed E-state index contributed by atoms with van der Waals surface area (Å²) in [7, 11) is 0. The Morgan fingerprint density at radius 3 is 2.80 bits per heavy atom. The maximum Gasteiger partial charge on any atom is 0.315 e. The molecule has 2 aromatic rings. The van der Waals surface area contributed by atoms with Crippen LogP contribution < -0.4 is 10.6 Å². The molecule has 1 aliphatic rings. The highest BCUT2D eigenvalue weighted by Crippen LogP contribution is 2.33. The molecule has 0 unspecified atom stereocenters. The number of carbonyl (C=O) groups is 1. The minimum Gasteiger partial charge on any atom is -0.338 e. The van der Waals surface area contributed by atoms with E-state index in [0.29, 0.717) is 16.5 Å². The van der Waals surface area contributed by atoms with Gasteiger partial charge in [0, 0.05) is 12.1 Å². The summed E-state index contributed by atoms with van der Waals surface area (Å²) in [6.45, 7) is 4.56. The molecule has 4 nitrogen and oxygen atoms in total. The van der Waals surface area contributed by atoms with Crippen molar-refractivity contribution in [2.45, 2.75) is 45.6 Å². The highest BCUT2D eigenvalue weighted by Gasteiger charge is 2.20. The van der Waals surface area contributed by atoms with Crippen LogP contribution in [0.1, 0.15) is 49.2 Å². The first kappa shape index (κ1) is 17.9. The van der Waals surface area contributed by atoms with Gasteiger partial charge in [-0.25, -0.2) is 14.2 Å². The SMILES string of the molecule is Cc1nc(-c2ccccc2F)sc1[C@H](C)NC(=O)NCC1CCCC1. The molecule has 1 atom stereocenters. The summed E-state index contributed by atoms with van der Waals surface area (Å²) >= 11 is 1.43. The predicted molar refractivity (Wildman–Crippen MR) is 99.2 cm³/mol. The zero-order valence-electron chi connectivity index (χ0n) is 14.6. The third-order valence-corrected chi connectivity index (χ3v) is 6.08. The van der Waals surface area contributed by atoms with Gasteiger partial charge in [-0.2, -0.15) is 0 Å². The fourth-order valence-electron chi connectivity index (χ4n) is 3.32. The normalized spacial score (nSPS) is 16.0. The molecule has 1 saturated carbocycles. The van der Waals surface area contributed by atoms with Gasteiger partial charge in [-0.1, -0.05) is 25.0 Å². The number of nitrogens with zero attached hydrogens (tertiary/aromatic N) is 1. The second-order valence-electron chi connectivity index (χ2n) is 6.68. The molecule has 1 heterocycles. The van der Waals surface area contributed by atoms with Crippen LogP contribution in [-0.4, -0.2) is 17.6 Å². The number of amides is 2. The number of aromatic nitrogens is 1. The number of thiazole rings is 1. The van der Waals surface area contributed by atoms with E-state index in [1.54, 1.807) is 18.2 Å². The molecule has 134 valence electrons. The Balaban J connectivity index is 1.63. The minimum absolute atomic E-state index is 0.153. The van der Waals surface area contributed by atoms with Gasteiger partial charge in [0.15, 0.2) is 0 Å². The average molecular weight is 361 g/mol. The average Bonchev–Trinajstić information content (AvgIpc) is 3.23. The zero-order valence-corrected chi connectivity index (χ0v) is 15.5. The van der Waals surface area contributed by atoms with Crippen LogP contribution >= 0.6 is 11.3 Å². The zero-order chi connectivity index (χ0) is 17.8. The highest BCUT2D eigenvalue weighted by atomic mass is 32.1. The monoisotopic (exact) mass is 361 g/mol. The van der Waals surface area contributed by atoms with Gasteiger partial charge in [0.05, 0.1) is 16.6 Å². The third-order valence-electron chi connectivity index (χ3n) is 4.70. The Morgan fingerprint density at radius 1 is 1.36 bits per heavy atom. The first-order valence-corrected chi connectivity index (χ1v) is 9.63. The van der Waals surface area contributed by atoms with Crippen molar-refractivity contribution in [2.75, 3.05) is 6.54 Å². The standard InChI is InChI=1S/C19H24FN3OS/c1-12-17(25-18(22-12)15-9-5-6-10-16(15)20)13(2)23-19(24)21-11-14-7-3-4-8-14/h5-6,9-10,13-14H,3-4,7-8,11H2,1-2H3,(H2,21,23,24)/t13-/m0/s1. The summed E-state index contributed by atoms with van der Waals surface area (Å²) in [5, 5.41) is 6.58. The van der Waals surface area contributed by atoms with Crippen LogP contribution in [-0.2, 0) is 0 Å². The van der Waals surface area contributed by atoms with Gasteiger partial charge in [-0.05, 0) is 44.7 Å². The quantitative estimate of drug-likeness (QED) is 0.803. The number of halogens is 1. The Bertz CT molecular complexity index is 740. The molecule has 1 aromatic carbocycles. The van der Waals surface area contributed by atoms with E-state index in [1.165, 1.54) is 43.1 Å². The van der Waals surface area contributed by atoms with E-state index in [-0.39, 0.29) is 17.9 Å². The lowest BCUT2D eigenvalue weighted by atomic mass is 10.1. The van der Waals surface area contributed by atoms with Gasteiger partial charge in [0.2, 0.25) is 0 Å². The Labute approximate surface area is 151 Å². The fraction of sp³-hybridized carbons (Fsp3) is 0.474. The molecule has 1 fully saturated rings. The molecule has 1 aromatic heterocycles. The molecule has 6 heteroatoms. The Hall–Kier alpha value is -1.95. The summed E-state index contributed by atoms with van der Waals surface area (Å²) in [4.78, 5) is 17.6. The summed E-state index contributed by atoms with van der Waals surface area (Å²) < 4.78 is 14.0. The van der Waals surface area contributed by atoms with Crippen LogP contribution in [0.2, 0.25) is 0 Å². The molecule has 1 aliphatic carbocycles. The van der Waals surface area contributed by atoms with Crippen molar-refractivity contribution < 1.29 is 9.18 Å². The van der Waals surface area contributed by atoms with Crippen molar-refractivity contribution in [1.82, 2.24) is 15.6 Å². The number of hydrogen-bond donors (Lipinski definition) is 2. The summed E-state index contributed by atoms with van der Waals surface area (Å²) in [5.74, 6) is 0.330. The lowest BCUT2D eigenvalue weighted by molar-refractivity contribution is 0.236. The number of rotatable bonds is 5. The first-order valence-electron chi connectivity index (χ1n) is 8.81. The molecule has 2 amide bonds. The molecule has 0 spiro atoms. The second-order valence-corrected chi connectivity index (χ2v) is 7.71. The van der Waals surface area contributed by atoms with Gasteiger partial charge < -0.3 is 10.6 Å². The van der Waals surface area contributed by atoms with Crippen molar-refractivity contribution >= 4 is 17.4 Å². The van der Waals surface area contributed by atoms with Gasteiger partial charge in [0.1, 0.15) is 10.8 Å². The minimum atomic E-state index is -0.280. The van der Waals surface area contributed by atoms with Gasteiger partial charge >= 0.3 is 6.03 Å². The smallest absolute Gasteiger partial charge is 0.315 e. The maximum absolute atomic E-state index is 14.0. The summed E-state index contributed by atoms with van der Waals surface area (Å²) in [6, 6.07) is 6.31. The Morgan fingerprint density at radius 2 is 2.08 bits per heavy atom. The van der Waals surface area contributed by atoms with E-state index >= 15 is 0 Å². The number of hydrogen-bond acceptors (Lipinski definition) is 3. The third kappa shape index (κ3) is 4.37. The van der Waals surface area contributed by atoms with Crippen molar-refractivity contribution in [1.29, 1.82) is 0 Å². The van der Waals surface area contributed by atoms with E-state index < -0.39 is 0 Å². The molecule has 25 heavy (non-hydrogen) atoms. The van der Waals surface area contributed by atoms with Crippen LogP contribution in [0.4, 0.5) is 9.18 Å². The molecule has 0 saturated heterocycles. The second kappa shape index (κ2) is 7.95. The molecule has 2 N–H and O–H groups in total.